The molecule has 1 unspecified atom stereocenters. The molecule has 3 nitrogen and oxygen atoms in total. The van der Waals surface area contributed by atoms with Crippen LogP contribution >= 0.6 is 27.5 Å². The van der Waals surface area contributed by atoms with Gasteiger partial charge in [-0.2, -0.15) is 0 Å². The van der Waals surface area contributed by atoms with Crippen molar-refractivity contribution in [3.05, 3.63) is 44.6 Å². The van der Waals surface area contributed by atoms with Gasteiger partial charge in [0.15, 0.2) is 0 Å². The van der Waals surface area contributed by atoms with Gasteiger partial charge in [0.05, 0.1) is 15.0 Å². The lowest BCUT2D eigenvalue weighted by Gasteiger charge is -2.19. The van der Waals surface area contributed by atoms with Gasteiger partial charge in [-0.3, -0.25) is 0 Å². The van der Waals surface area contributed by atoms with Crippen molar-refractivity contribution in [2.24, 2.45) is 0 Å². The molecule has 1 N–H and O–H groups in total. The molecular weight excluding hydrogens is 331 g/mol. The first kappa shape index (κ1) is 14.6. The van der Waals surface area contributed by atoms with E-state index < -0.39 is 11.9 Å². The summed E-state index contributed by atoms with van der Waals surface area (Å²) < 4.78 is 18.2. The monoisotopic (exact) mass is 344 g/mol. The van der Waals surface area contributed by atoms with E-state index in [9.17, 15) is 9.50 Å². The highest BCUT2D eigenvalue weighted by Gasteiger charge is 2.28. The Morgan fingerprint density at radius 2 is 2.05 bits per heavy atom. The van der Waals surface area contributed by atoms with E-state index in [0.717, 1.165) is 11.5 Å². The highest BCUT2D eigenvalue weighted by molar-refractivity contribution is 9.10. The quantitative estimate of drug-likeness (QED) is 0.900. The summed E-state index contributed by atoms with van der Waals surface area (Å²) in [5, 5.41) is 14.5. The Hall–Kier alpha value is -0.850. The molecule has 0 radical (unpaired) electrons. The van der Waals surface area contributed by atoms with Crippen molar-refractivity contribution < 1.29 is 9.50 Å². The van der Waals surface area contributed by atoms with Gasteiger partial charge in [-0.05, 0) is 33.5 Å². The van der Waals surface area contributed by atoms with E-state index in [1.54, 1.807) is 18.2 Å². The second kappa shape index (κ2) is 5.26. The molecule has 0 saturated carbocycles. The Kier molecular flexibility index (Phi) is 4.03. The molecule has 0 aliphatic rings. The summed E-state index contributed by atoms with van der Waals surface area (Å²) in [5.41, 5.74) is 0.682. The maximum Gasteiger partial charge on any atom is 0.143 e. The smallest absolute Gasteiger partial charge is 0.143 e. The van der Waals surface area contributed by atoms with Crippen LogP contribution in [0, 0.1) is 5.82 Å². The highest BCUT2D eigenvalue weighted by atomic mass is 79.9. The van der Waals surface area contributed by atoms with E-state index in [1.165, 1.54) is 0 Å². The van der Waals surface area contributed by atoms with E-state index in [0.29, 0.717) is 15.0 Å². The maximum atomic E-state index is 14.0. The SMILES string of the molecule is CC(C)(C)c1nnsc1C(O)c1cccc(Br)c1F. The zero-order valence-electron chi connectivity index (χ0n) is 10.8. The van der Waals surface area contributed by atoms with Crippen LogP contribution in [0.25, 0.3) is 0 Å². The summed E-state index contributed by atoms with van der Waals surface area (Å²) >= 11 is 4.22. The van der Waals surface area contributed by atoms with E-state index >= 15 is 0 Å². The third kappa shape index (κ3) is 2.85. The second-order valence-corrected chi connectivity index (χ2v) is 6.92. The molecule has 6 heteroatoms. The Balaban J connectivity index is 2.48. The number of nitrogens with zero attached hydrogens (tertiary/aromatic N) is 2. The topological polar surface area (TPSA) is 46.0 Å². The van der Waals surface area contributed by atoms with Gasteiger partial charge in [-0.25, -0.2) is 4.39 Å². The molecule has 2 rings (SSSR count). The van der Waals surface area contributed by atoms with E-state index in [4.69, 9.17) is 0 Å². The number of aromatic nitrogens is 2. The third-order valence-electron chi connectivity index (χ3n) is 2.75. The largest absolute Gasteiger partial charge is 0.383 e. The van der Waals surface area contributed by atoms with Crippen LogP contribution in [0.2, 0.25) is 0 Å². The first-order chi connectivity index (χ1) is 8.82. The van der Waals surface area contributed by atoms with Crippen molar-refractivity contribution in [2.45, 2.75) is 32.3 Å². The van der Waals surface area contributed by atoms with E-state index in [1.807, 2.05) is 20.8 Å². The van der Waals surface area contributed by atoms with E-state index in [2.05, 4.69) is 25.5 Å². The Labute approximate surface area is 123 Å². The van der Waals surface area contributed by atoms with Crippen LogP contribution in [-0.2, 0) is 5.41 Å². The molecule has 0 bridgehead atoms. The summed E-state index contributed by atoms with van der Waals surface area (Å²) in [6.07, 6.45) is -1.05. The molecular formula is C13H14BrFN2OS. The normalized spacial score (nSPS) is 13.6. The van der Waals surface area contributed by atoms with Crippen molar-refractivity contribution in [3.63, 3.8) is 0 Å². The van der Waals surface area contributed by atoms with Gasteiger partial charge in [0, 0.05) is 11.0 Å². The minimum absolute atomic E-state index is 0.228. The molecule has 19 heavy (non-hydrogen) atoms. The fourth-order valence-corrected chi connectivity index (χ4v) is 3.02. The molecule has 0 saturated heterocycles. The van der Waals surface area contributed by atoms with Crippen molar-refractivity contribution in [1.29, 1.82) is 0 Å². The lowest BCUT2D eigenvalue weighted by molar-refractivity contribution is 0.215. The van der Waals surface area contributed by atoms with Gasteiger partial charge in [0.2, 0.25) is 0 Å². The second-order valence-electron chi connectivity index (χ2n) is 5.28. The standard InChI is InChI=1S/C13H14BrFN2OS/c1-13(2,3)12-11(19-17-16-12)10(18)7-5-4-6-8(14)9(7)15/h4-6,10,18H,1-3H3. The van der Waals surface area contributed by atoms with Crippen LogP contribution < -0.4 is 0 Å². The molecule has 0 aliphatic carbocycles. The number of rotatable bonds is 2. The summed E-state index contributed by atoms with van der Waals surface area (Å²) in [4.78, 5) is 0.588. The molecule has 2 aromatic rings. The first-order valence-electron chi connectivity index (χ1n) is 5.77. The molecule has 1 aromatic carbocycles. The predicted molar refractivity (Wildman–Crippen MR) is 76.8 cm³/mol. The minimum atomic E-state index is -1.05. The highest BCUT2D eigenvalue weighted by Crippen LogP contribution is 2.35. The molecule has 0 spiro atoms. The average molecular weight is 345 g/mol. The number of benzene rings is 1. The van der Waals surface area contributed by atoms with Crippen LogP contribution in [-0.4, -0.2) is 14.7 Å². The Bertz CT molecular complexity index is 595. The minimum Gasteiger partial charge on any atom is -0.383 e. The average Bonchev–Trinajstić information content (AvgIpc) is 2.80. The van der Waals surface area contributed by atoms with Gasteiger partial charge in [-0.1, -0.05) is 37.4 Å². The fraction of sp³-hybridized carbons (Fsp3) is 0.385. The van der Waals surface area contributed by atoms with Crippen LogP contribution in [0.3, 0.4) is 0 Å². The lowest BCUT2D eigenvalue weighted by Crippen LogP contribution is -2.16. The van der Waals surface area contributed by atoms with Gasteiger partial charge in [0.1, 0.15) is 11.9 Å². The third-order valence-corrected chi connectivity index (χ3v) is 4.14. The number of halogens is 2. The van der Waals surface area contributed by atoms with Crippen LogP contribution in [0.15, 0.2) is 22.7 Å². The fourth-order valence-electron chi connectivity index (χ4n) is 1.77. The summed E-state index contributed by atoms with van der Waals surface area (Å²) in [7, 11) is 0. The van der Waals surface area contributed by atoms with Gasteiger partial charge < -0.3 is 5.11 Å². The van der Waals surface area contributed by atoms with E-state index in [-0.39, 0.29) is 11.0 Å². The zero-order chi connectivity index (χ0) is 14.2. The molecule has 0 fully saturated rings. The molecule has 0 amide bonds. The summed E-state index contributed by atoms with van der Waals surface area (Å²) in [6.45, 7) is 5.95. The Morgan fingerprint density at radius 3 is 2.68 bits per heavy atom. The van der Waals surface area contributed by atoms with Gasteiger partial charge in [-0.15, -0.1) is 5.10 Å². The van der Waals surface area contributed by atoms with Crippen molar-refractivity contribution >= 4 is 27.5 Å². The maximum absolute atomic E-state index is 14.0. The number of aliphatic hydroxyl groups excluding tert-OH is 1. The number of aliphatic hydroxyl groups is 1. The van der Waals surface area contributed by atoms with Crippen molar-refractivity contribution in [1.82, 2.24) is 9.59 Å². The number of hydrogen-bond donors (Lipinski definition) is 1. The number of hydrogen-bond acceptors (Lipinski definition) is 4. The Morgan fingerprint density at radius 1 is 1.37 bits per heavy atom. The summed E-state index contributed by atoms with van der Waals surface area (Å²) in [5.74, 6) is -0.455. The molecule has 1 aromatic heterocycles. The van der Waals surface area contributed by atoms with Crippen molar-refractivity contribution in [3.8, 4) is 0 Å². The van der Waals surface area contributed by atoms with Crippen LogP contribution in [0.5, 0.6) is 0 Å². The van der Waals surface area contributed by atoms with Gasteiger partial charge in [0.25, 0.3) is 0 Å². The molecule has 102 valence electrons. The summed E-state index contributed by atoms with van der Waals surface area (Å²) in [6, 6.07) is 4.86. The van der Waals surface area contributed by atoms with Crippen molar-refractivity contribution in [2.75, 3.05) is 0 Å². The predicted octanol–water partition coefficient (Wildman–Crippen LogP) is 3.82. The van der Waals surface area contributed by atoms with Crippen LogP contribution in [0.4, 0.5) is 4.39 Å². The molecule has 0 aliphatic heterocycles. The first-order valence-corrected chi connectivity index (χ1v) is 7.33. The zero-order valence-corrected chi connectivity index (χ0v) is 13.2. The lowest BCUT2D eigenvalue weighted by atomic mass is 9.89. The molecule has 1 atom stereocenters. The van der Waals surface area contributed by atoms with Crippen LogP contribution in [0.1, 0.15) is 43.0 Å². The molecule has 1 heterocycles. The van der Waals surface area contributed by atoms with Gasteiger partial charge >= 0.3 is 0 Å².